The van der Waals surface area contributed by atoms with E-state index in [1.807, 2.05) is 41.5 Å². The Morgan fingerprint density at radius 2 is 1.38 bits per heavy atom. The number of hydrogen-bond acceptors (Lipinski definition) is 9. The van der Waals surface area contributed by atoms with E-state index in [1.54, 1.807) is 13.0 Å². The highest BCUT2D eigenvalue weighted by atomic mass is 16.6. The lowest BCUT2D eigenvalue weighted by molar-refractivity contribution is -0.159. The number of hydrogen-bond donors (Lipinski definition) is 1. The molecule has 1 rings (SSSR count). The van der Waals surface area contributed by atoms with Crippen LogP contribution in [-0.4, -0.2) is 42.6 Å². The van der Waals surface area contributed by atoms with E-state index in [0.717, 1.165) is 6.42 Å². The molecule has 0 heterocycles. The predicted molar refractivity (Wildman–Crippen MR) is 139 cm³/mol. The zero-order valence-corrected chi connectivity index (χ0v) is 23.2. The highest BCUT2D eigenvalue weighted by Gasteiger charge is 2.22. The molecule has 208 valence electrons. The van der Waals surface area contributed by atoms with E-state index in [2.05, 4.69) is 0 Å². The van der Waals surface area contributed by atoms with Crippen molar-refractivity contribution >= 4 is 23.9 Å². The van der Waals surface area contributed by atoms with Crippen molar-refractivity contribution in [2.45, 2.75) is 92.7 Å². The van der Waals surface area contributed by atoms with Gasteiger partial charge in [-0.3, -0.25) is 19.2 Å². The van der Waals surface area contributed by atoms with Gasteiger partial charge in [0.25, 0.3) is 0 Å². The fourth-order valence-electron chi connectivity index (χ4n) is 3.19. The molecule has 0 amide bonds. The first-order valence-corrected chi connectivity index (χ1v) is 13.0. The molecule has 2 N–H and O–H groups in total. The van der Waals surface area contributed by atoms with Gasteiger partial charge in [0.15, 0.2) is 11.5 Å². The number of carbonyl (C=O) groups is 4. The van der Waals surface area contributed by atoms with Gasteiger partial charge in [0, 0.05) is 19.3 Å². The van der Waals surface area contributed by atoms with Gasteiger partial charge in [0.1, 0.15) is 18.8 Å². The van der Waals surface area contributed by atoms with Crippen molar-refractivity contribution in [1.82, 2.24) is 0 Å². The Labute approximate surface area is 220 Å². The van der Waals surface area contributed by atoms with E-state index in [1.165, 1.54) is 12.1 Å². The zero-order valence-electron chi connectivity index (χ0n) is 23.2. The molecule has 0 aromatic heterocycles. The van der Waals surface area contributed by atoms with E-state index in [-0.39, 0.29) is 61.1 Å². The van der Waals surface area contributed by atoms with Crippen molar-refractivity contribution in [3.63, 3.8) is 0 Å². The molecule has 9 heteroatoms. The first-order valence-electron chi connectivity index (χ1n) is 13.0. The second-order valence-electron chi connectivity index (χ2n) is 10.4. The van der Waals surface area contributed by atoms with E-state index in [0.29, 0.717) is 12.0 Å². The molecule has 0 saturated heterocycles. The molecule has 1 aromatic rings. The molecule has 37 heavy (non-hydrogen) atoms. The fourth-order valence-corrected chi connectivity index (χ4v) is 3.19. The predicted octanol–water partition coefficient (Wildman–Crippen LogP) is 4.37. The Hall–Kier alpha value is -2.94. The molecule has 0 fully saturated rings. The van der Waals surface area contributed by atoms with Gasteiger partial charge in [-0.2, -0.15) is 0 Å². The fraction of sp³-hybridized carbons (Fsp3) is 0.643. The molecule has 3 atom stereocenters. The normalized spacial score (nSPS) is 13.6. The maximum absolute atomic E-state index is 12.5. The second-order valence-corrected chi connectivity index (χ2v) is 10.4. The lowest BCUT2D eigenvalue weighted by atomic mass is 10.1. The molecule has 0 spiro atoms. The third-order valence-corrected chi connectivity index (χ3v) is 5.37. The average molecular weight is 522 g/mol. The Morgan fingerprint density at radius 3 is 1.92 bits per heavy atom. The summed E-state index contributed by atoms with van der Waals surface area (Å²) in [7, 11) is 0. The van der Waals surface area contributed by atoms with E-state index in [4.69, 9.17) is 24.7 Å². The highest BCUT2D eigenvalue weighted by molar-refractivity contribution is 5.77. The van der Waals surface area contributed by atoms with Gasteiger partial charge in [0.05, 0.1) is 0 Å². The summed E-state index contributed by atoms with van der Waals surface area (Å²) in [6.45, 7) is 13.1. The van der Waals surface area contributed by atoms with Crippen LogP contribution < -0.4 is 15.2 Å². The van der Waals surface area contributed by atoms with Gasteiger partial charge in [-0.25, -0.2) is 0 Å². The first-order chi connectivity index (χ1) is 17.3. The minimum atomic E-state index is -1.01. The van der Waals surface area contributed by atoms with E-state index >= 15 is 0 Å². The number of ether oxygens (including phenoxy) is 4. The quantitative estimate of drug-likeness (QED) is 0.264. The van der Waals surface area contributed by atoms with Crippen LogP contribution in [0.5, 0.6) is 11.5 Å². The Balaban J connectivity index is 2.83. The second kappa shape index (κ2) is 16.0. The summed E-state index contributed by atoms with van der Waals surface area (Å²) < 4.78 is 21.4. The van der Waals surface area contributed by atoms with Gasteiger partial charge in [-0.1, -0.05) is 54.0 Å². The van der Waals surface area contributed by atoms with Crippen LogP contribution >= 0.6 is 0 Å². The number of nitrogens with two attached hydrogens (primary N) is 1. The molecular formula is C28H43NO8. The zero-order chi connectivity index (χ0) is 28.1. The van der Waals surface area contributed by atoms with Gasteiger partial charge < -0.3 is 24.7 Å². The van der Waals surface area contributed by atoms with E-state index in [9.17, 15) is 19.2 Å². The van der Waals surface area contributed by atoms with Crippen LogP contribution in [0.4, 0.5) is 0 Å². The monoisotopic (exact) mass is 521 g/mol. The summed E-state index contributed by atoms with van der Waals surface area (Å²) >= 11 is 0. The number of esters is 4. The van der Waals surface area contributed by atoms with Crippen molar-refractivity contribution in [3.8, 4) is 11.5 Å². The SMILES string of the molecule is CCC(C)CC(=O)OC[C@H](C)OC(=O)[C@@H](N)Cc1ccc(OC(=O)CC(C)C)c(OC(=O)CC(C)C)c1. The lowest BCUT2D eigenvalue weighted by Crippen LogP contribution is -2.37. The van der Waals surface area contributed by atoms with Crippen LogP contribution in [0.15, 0.2) is 18.2 Å². The lowest BCUT2D eigenvalue weighted by Gasteiger charge is -2.18. The summed E-state index contributed by atoms with van der Waals surface area (Å²) in [6, 6.07) is 3.68. The maximum atomic E-state index is 12.5. The van der Waals surface area contributed by atoms with Gasteiger partial charge >= 0.3 is 23.9 Å². The molecular weight excluding hydrogens is 478 g/mol. The summed E-state index contributed by atoms with van der Waals surface area (Å²) in [6.07, 6.45) is 1.01. The van der Waals surface area contributed by atoms with Gasteiger partial charge in [0.2, 0.25) is 0 Å². The molecule has 1 aromatic carbocycles. The van der Waals surface area contributed by atoms with Crippen LogP contribution in [0.2, 0.25) is 0 Å². The number of rotatable bonds is 15. The summed E-state index contributed by atoms with van der Waals surface area (Å²) in [5, 5.41) is 0. The van der Waals surface area contributed by atoms with Crippen LogP contribution in [0.3, 0.4) is 0 Å². The third kappa shape index (κ3) is 13.3. The maximum Gasteiger partial charge on any atom is 0.323 e. The van der Waals surface area contributed by atoms with Gasteiger partial charge in [-0.05, 0) is 48.8 Å². The molecule has 0 aliphatic rings. The topological polar surface area (TPSA) is 131 Å². The van der Waals surface area contributed by atoms with Crippen LogP contribution in [0.1, 0.15) is 79.7 Å². The third-order valence-electron chi connectivity index (χ3n) is 5.37. The molecule has 0 saturated carbocycles. The van der Waals surface area contributed by atoms with Crippen LogP contribution in [0, 0.1) is 17.8 Å². The number of carbonyl (C=O) groups excluding carboxylic acids is 4. The average Bonchev–Trinajstić information content (AvgIpc) is 2.78. The first kappa shape index (κ1) is 32.1. The highest BCUT2D eigenvalue weighted by Crippen LogP contribution is 2.30. The van der Waals surface area contributed by atoms with Crippen molar-refractivity contribution in [3.05, 3.63) is 23.8 Å². The largest absolute Gasteiger partial charge is 0.462 e. The smallest absolute Gasteiger partial charge is 0.323 e. The standard InChI is InChI=1S/C28H43NO8/c1-8-19(6)13-25(30)34-16-20(7)35-28(33)22(29)14-21-9-10-23(36-26(31)11-17(2)3)24(15-21)37-27(32)12-18(4)5/h9-10,15,17-20,22H,8,11-14,16,29H2,1-7H3/t19?,20-,22-/m0/s1. The minimum absolute atomic E-state index is 0.0554. The summed E-state index contributed by atoms with van der Waals surface area (Å²) in [5.41, 5.74) is 6.64. The Kier molecular flexibility index (Phi) is 13.9. The van der Waals surface area contributed by atoms with Crippen molar-refractivity contribution in [2.75, 3.05) is 6.61 Å². The summed E-state index contributed by atoms with van der Waals surface area (Å²) in [5.74, 6) is -1.28. The van der Waals surface area contributed by atoms with Crippen molar-refractivity contribution < 1.29 is 38.1 Å². The molecule has 1 unspecified atom stereocenters. The minimum Gasteiger partial charge on any atom is -0.462 e. The Bertz CT molecular complexity index is 911. The molecule has 0 radical (unpaired) electrons. The molecule has 0 bridgehead atoms. The van der Waals surface area contributed by atoms with Crippen LogP contribution in [0.25, 0.3) is 0 Å². The van der Waals surface area contributed by atoms with Gasteiger partial charge in [-0.15, -0.1) is 0 Å². The number of benzene rings is 1. The molecule has 0 aliphatic heterocycles. The summed E-state index contributed by atoms with van der Waals surface area (Å²) in [4.78, 5) is 48.8. The van der Waals surface area contributed by atoms with Crippen molar-refractivity contribution in [1.29, 1.82) is 0 Å². The van der Waals surface area contributed by atoms with Crippen LogP contribution in [-0.2, 0) is 35.1 Å². The Morgan fingerprint density at radius 1 is 0.811 bits per heavy atom. The van der Waals surface area contributed by atoms with E-state index < -0.39 is 30.1 Å². The van der Waals surface area contributed by atoms with Crippen molar-refractivity contribution in [2.24, 2.45) is 23.5 Å². The molecule has 0 aliphatic carbocycles. The molecule has 9 nitrogen and oxygen atoms in total.